The van der Waals surface area contributed by atoms with E-state index in [4.69, 9.17) is 4.74 Å². The molecule has 2 N–H and O–H groups in total. The molecular formula is C19H24N2O4S. The molecule has 0 fully saturated rings. The lowest BCUT2D eigenvalue weighted by atomic mass is 10.1. The fourth-order valence-electron chi connectivity index (χ4n) is 2.33. The molecule has 7 heteroatoms. The van der Waals surface area contributed by atoms with E-state index >= 15 is 0 Å². The molecule has 0 saturated carbocycles. The first-order valence-electron chi connectivity index (χ1n) is 8.38. The highest BCUT2D eigenvalue weighted by Crippen LogP contribution is 2.17. The average molecular weight is 376 g/mol. The van der Waals surface area contributed by atoms with E-state index in [-0.39, 0.29) is 23.6 Å². The third-order valence-corrected chi connectivity index (χ3v) is 5.02. The Bertz CT molecular complexity index is 818. The molecule has 2 rings (SSSR count). The van der Waals surface area contributed by atoms with Crippen LogP contribution in [0.5, 0.6) is 5.75 Å². The molecule has 0 aromatic heterocycles. The molecule has 0 radical (unpaired) electrons. The normalized spacial score (nSPS) is 12.6. The zero-order chi connectivity index (χ0) is 19.2. The summed E-state index contributed by atoms with van der Waals surface area (Å²) in [6.07, 6.45) is 0.00545. The Balaban J connectivity index is 1.91. The van der Waals surface area contributed by atoms with E-state index in [0.29, 0.717) is 5.75 Å². The largest absolute Gasteiger partial charge is 0.491 e. The van der Waals surface area contributed by atoms with Crippen LogP contribution in [0.1, 0.15) is 32.4 Å². The molecule has 0 aliphatic carbocycles. The number of hydrogen-bond acceptors (Lipinski definition) is 4. The van der Waals surface area contributed by atoms with E-state index < -0.39 is 15.9 Å². The van der Waals surface area contributed by atoms with Gasteiger partial charge >= 0.3 is 0 Å². The monoisotopic (exact) mass is 376 g/mol. The van der Waals surface area contributed by atoms with E-state index in [1.165, 1.54) is 12.1 Å². The van der Waals surface area contributed by atoms with Gasteiger partial charge in [0, 0.05) is 0 Å². The second-order valence-corrected chi connectivity index (χ2v) is 7.93. The highest BCUT2D eigenvalue weighted by atomic mass is 32.2. The van der Waals surface area contributed by atoms with Gasteiger partial charge in [-0.25, -0.2) is 13.1 Å². The highest BCUT2D eigenvalue weighted by molar-refractivity contribution is 7.89. The summed E-state index contributed by atoms with van der Waals surface area (Å²) in [7, 11) is -3.77. The van der Waals surface area contributed by atoms with Gasteiger partial charge in [-0.3, -0.25) is 4.79 Å². The number of rotatable bonds is 8. The van der Waals surface area contributed by atoms with Crippen molar-refractivity contribution in [3.63, 3.8) is 0 Å². The number of carbonyl (C=O) groups excluding carboxylic acids is 1. The number of nitrogens with one attached hydrogen (secondary N) is 2. The Morgan fingerprint density at radius 3 is 2.19 bits per heavy atom. The van der Waals surface area contributed by atoms with Crippen LogP contribution < -0.4 is 14.8 Å². The van der Waals surface area contributed by atoms with Gasteiger partial charge in [-0.1, -0.05) is 30.3 Å². The number of hydrogen-bond donors (Lipinski definition) is 2. The third kappa shape index (κ3) is 5.86. The Morgan fingerprint density at radius 1 is 1.00 bits per heavy atom. The molecule has 0 aliphatic rings. The predicted molar refractivity (Wildman–Crippen MR) is 100 cm³/mol. The molecule has 2 aromatic rings. The molecule has 140 valence electrons. The lowest BCUT2D eigenvalue weighted by Crippen LogP contribution is -2.38. The number of amides is 1. The first-order chi connectivity index (χ1) is 12.3. The minimum absolute atomic E-state index is 0.00545. The van der Waals surface area contributed by atoms with Crippen molar-refractivity contribution in [3.8, 4) is 5.75 Å². The van der Waals surface area contributed by atoms with Crippen LogP contribution in [0, 0.1) is 0 Å². The minimum atomic E-state index is -3.77. The topological polar surface area (TPSA) is 84.5 Å². The van der Waals surface area contributed by atoms with Crippen LogP contribution in [0.2, 0.25) is 0 Å². The van der Waals surface area contributed by atoms with Gasteiger partial charge in [-0.15, -0.1) is 0 Å². The van der Waals surface area contributed by atoms with Crippen molar-refractivity contribution >= 4 is 15.9 Å². The van der Waals surface area contributed by atoms with Crippen LogP contribution in [0.25, 0.3) is 0 Å². The summed E-state index contributed by atoms with van der Waals surface area (Å²) in [4.78, 5) is 12.1. The van der Waals surface area contributed by atoms with Crippen LogP contribution in [-0.2, 0) is 14.8 Å². The lowest BCUT2D eigenvalue weighted by Gasteiger charge is -2.15. The average Bonchev–Trinajstić information content (AvgIpc) is 2.61. The second kappa shape index (κ2) is 8.82. The van der Waals surface area contributed by atoms with Crippen LogP contribution >= 0.6 is 0 Å². The number of benzene rings is 2. The van der Waals surface area contributed by atoms with E-state index in [0.717, 1.165) is 5.56 Å². The van der Waals surface area contributed by atoms with Crippen molar-refractivity contribution in [1.29, 1.82) is 0 Å². The number of carbonyl (C=O) groups is 1. The summed E-state index contributed by atoms with van der Waals surface area (Å²) >= 11 is 0. The fraction of sp³-hybridized carbons (Fsp3) is 0.316. The maximum atomic E-state index is 12.3. The zero-order valence-electron chi connectivity index (χ0n) is 15.1. The van der Waals surface area contributed by atoms with Gasteiger partial charge in [0.15, 0.2) is 0 Å². The Morgan fingerprint density at radius 2 is 1.62 bits per heavy atom. The van der Waals surface area contributed by atoms with Crippen LogP contribution in [0.3, 0.4) is 0 Å². The summed E-state index contributed by atoms with van der Waals surface area (Å²) in [6.45, 7) is 5.29. The van der Waals surface area contributed by atoms with E-state index in [1.54, 1.807) is 12.1 Å². The van der Waals surface area contributed by atoms with Gasteiger partial charge in [0.25, 0.3) is 0 Å². The molecule has 1 amide bonds. The third-order valence-electron chi connectivity index (χ3n) is 3.61. The van der Waals surface area contributed by atoms with Gasteiger partial charge in [-0.05, 0) is 50.6 Å². The molecule has 0 saturated heterocycles. The van der Waals surface area contributed by atoms with Gasteiger partial charge in [0.05, 0.1) is 23.6 Å². The van der Waals surface area contributed by atoms with E-state index in [2.05, 4.69) is 10.0 Å². The smallest absolute Gasteiger partial charge is 0.241 e. The van der Waals surface area contributed by atoms with Crippen LogP contribution in [0.4, 0.5) is 0 Å². The standard InChI is InChI=1S/C19H24N2O4S/c1-14(2)25-17-9-11-18(12-10-17)26(23,24)20-13-19(22)21-15(3)16-7-5-4-6-8-16/h4-12,14-15,20H,13H2,1-3H3,(H,21,22). The van der Waals surface area contributed by atoms with Crippen molar-refractivity contribution in [2.24, 2.45) is 0 Å². The van der Waals surface area contributed by atoms with Crippen molar-refractivity contribution in [2.45, 2.75) is 37.8 Å². The summed E-state index contributed by atoms with van der Waals surface area (Å²) in [5.41, 5.74) is 0.949. The molecule has 6 nitrogen and oxygen atoms in total. The zero-order valence-corrected chi connectivity index (χ0v) is 15.9. The Labute approximate surface area is 154 Å². The maximum absolute atomic E-state index is 12.3. The molecule has 1 atom stereocenters. The Kier molecular flexibility index (Phi) is 6.76. The molecule has 0 aliphatic heterocycles. The van der Waals surface area contributed by atoms with Crippen molar-refractivity contribution < 1.29 is 17.9 Å². The SMILES string of the molecule is CC(C)Oc1ccc(S(=O)(=O)NCC(=O)NC(C)c2ccccc2)cc1. The van der Waals surface area contributed by atoms with Crippen molar-refractivity contribution in [2.75, 3.05) is 6.54 Å². The van der Waals surface area contributed by atoms with Crippen molar-refractivity contribution in [3.05, 3.63) is 60.2 Å². The number of sulfonamides is 1. The minimum Gasteiger partial charge on any atom is -0.491 e. The molecule has 1 unspecified atom stereocenters. The highest BCUT2D eigenvalue weighted by Gasteiger charge is 2.17. The van der Waals surface area contributed by atoms with Crippen LogP contribution in [-0.4, -0.2) is 27.0 Å². The quantitative estimate of drug-likeness (QED) is 0.742. The molecule has 0 spiro atoms. The molecule has 26 heavy (non-hydrogen) atoms. The van der Waals surface area contributed by atoms with Gasteiger partial charge < -0.3 is 10.1 Å². The van der Waals surface area contributed by atoms with E-state index in [1.807, 2.05) is 51.1 Å². The lowest BCUT2D eigenvalue weighted by molar-refractivity contribution is -0.120. The number of ether oxygens (including phenoxy) is 1. The molecule has 0 bridgehead atoms. The Hall–Kier alpha value is -2.38. The van der Waals surface area contributed by atoms with Crippen molar-refractivity contribution in [1.82, 2.24) is 10.0 Å². The summed E-state index contributed by atoms with van der Waals surface area (Å²) in [6, 6.07) is 15.3. The molecular weight excluding hydrogens is 352 g/mol. The summed E-state index contributed by atoms with van der Waals surface area (Å²) in [5, 5.41) is 2.77. The van der Waals surface area contributed by atoms with Gasteiger partial charge in [-0.2, -0.15) is 0 Å². The maximum Gasteiger partial charge on any atom is 0.241 e. The van der Waals surface area contributed by atoms with Gasteiger partial charge in [0.1, 0.15) is 5.75 Å². The first-order valence-corrected chi connectivity index (χ1v) is 9.87. The summed E-state index contributed by atoms with van der Waals surface area (Å²) in [5.74, 6) is 0.193. The summed E-state index contributed by atoms with van der Waals surface area (Å²) < 4.78 is 32.4. The predicted octanol–water partition coefficient (Wildman–Crippen LogP) is 2.63. The first kappa shape index (κ1) is 19.9. The fourth-order valence-corrected chi connectivity index (χ4v) is 3.31. The van der Waals surface area contributed by atoms with E-state index in [9.17, 15) is 13.2 Å². The molecule has 2 aromatic carbocycles. The molecule has 0 heterocycles. The second-order valence-electron chi connectivity index (χ2n) is 6.16. The van der Waals surface area contributed by atoms with Crippen LogP contribution in [0.15, 0.2) is 59.5 Å². The van der Waals surface area contributed by atoms with Gasteiger partial charge in [0.2, 0.25) is 15.9 Å².